The molecule has 3 heterocycles. The molecule has 0 bridgehead atoms. The monoisotopic (exact) mass is 446 g/mol. The minimum Gasteiger partial charge on any atom is -0.422 e. The van der Waals surface area contributed by atoms with Crippen LogP contribution in [0, 0.1) is 26.2 Å². The Hall–Kier alpha value is -3.61. The maximum atomic E-state index is 13.9. The van der Waals surface area contributed by atoms with Gasteiger partial charge in [0.05, 0.1) is 11.7 Å². The number of nitrogens with zero attached hydrogens (tertiary/aromatic N) is 1. The minimum atomic E-state index is -1.72. The molecular weight excluding hydrogens is 420 g/mol. The van der Waals surface area contributed by atoms with Gasteiger partial charge in [0.15, 0.2) is 0 Å². The number of hydrogen-bond acceptors (Lipinski definition) is 7. The summed E-state index contributed by atoms with van der Waals surface area (Å²) in [4.78, 5) is 27.9. The fraction of sp³-hybridized carbons (Fsp3) is 0.346. The number of esters is 2. The zero-order chi connectivity index (χ0) is 23.5. The van der Waals surface area contributed by atoms with Gasteiger partial charge in [0.1, 0.15) is 0 Å². The summed E-state index contributed by atoms with van der Waals surface area (Å²) in [5.41, 5.74) is 3.17. The van der Waals surface area contributed by atoms with Gasteiger partial charge < -0.3 is 19.3 Å². The molecule has 1 spiro atoms. The first kappa shape index (κ1) is 21.2. The van der Waals surface area contributed by atoms with Gasteiger partial charge in [0.25, 0.3) is 5.79 Å². The number of carbonyl (C=O) groups excluding carboxylic acids is 2. The van der Waals surface area contributed by atoms with Crippen LogP contribution in [0.4, 0.5) is 5.88 Å². The number of cyclic esters (lactones) is 2. The van der Waals surface area contributed by atoms with Gasteiger partial charge in [-0.05, 0) is 31.9 Å². The zero-order valence-corrected chi connectivity index (χ0v) is 19.3. The van der Waals surface area contributed by atoms with Crippen molar-refractivity contribution in [1.29, 1.82) is 0 Å². The van der Waals surface area contributed by atoms with E-state index in [4.69, 9.17) is 14.0 Å². The maximum absolute atomic E-state index is 13.9. The van der Waals surface area contributed by atoms with Crippen LogP contribution < -0.4 is 5.32 Å². The first-order valence-corrected chi connectivity index (χ1v) is 11.0. The normalized spacial score (nSPS) is 22.8. The number of hydrogen-bond donors (Lipinski definition) is 1. The topological polar surface area (TPSA) is 90.7 Å². The predicted molar refractivity (Wildman–Crippen MR) is 121 cm³/mol. The quantitative estimate of drug-likeness (QED) is 0.450. The molecule has 1 saturated heterocycles. The number of aromatic nitrogens is 1. The third kappa shape index (κ3) is 3.14. The third-order valence-corrected chi connectivity index (χ3v) is 6.56. The van der Waals surface area contributed by atoms with Crippen LogP contribution >= 0.6 is 0 Å². The highest BCUT2D eigenvalue weighted by Gasteiger charge is 2.68. The van der Waals surface area contributed by atoms with E-state index in [0.717, 1.165) is 22.3 Å². The van der Waals surface area contributed by atoms with Crippen LogP contribution in [-0.2, 0) is 19.1 Å². The van der Waals surface area contributed by atoms with Crippen molar-refractivity contribution in [3.8, 4) is 0 Å². The number of nitrogens with one attached hydrogen (secondary N) is 1. The maximum Gasteiger partial charge on any atom is 0.330 e. The molecule has 7 heteroatoms. The Bertz CT molecular complexity index is 1220. The molecule has 0 saturated carbocycles. The van der Waals surface area contributed by atoms with Gasteiger partial charge in [0.2, 0.25) is 11.3 Å². The van der Waals surface area contributed by atoms with E-state index in [-0.39, 0.29) is 0 Å². The summed E-state index contributed by atoms with van der Waals surface area (Å²) >= 11 is 0. The van der Waals surface area contributed by atoms with Gasteiger partial charge in [0, 0.05) is 25.3 Å². The lowest BCUT2D eigenvalue weighted by atomic mass is 9.60. The summed E-state index contributed by atoms with van der Waals surface area (Å²) < 4.78 is 17.1. The Labute approximate surface area is 192 Å². The van der Waals surface area contributed by atoms with Crippen LogP contribution in [0.5, 0.6) is 0 Å². The Morgan fingerprint density at radius 2 is 1.33 bits per heavy atom. The van der Waals surface area contributed by atoms with E-state index in [1.807, 2.05) is 62.4 Å². The zero-order valence-electron chi connectivity index (χ0n) is 19.3. The number of anilines is 1. The van der Waals surface area contributed by atoms with Crippen molar-refractivity contribution in [3.05, 3.63) is 82.0 Å². The number of benzene rings is 2. The van der Waals surface area contributed by atoms with Crippen LogP contribution in [0.15, 0.2) is 53.1 Å². The molecule has 7 nitrogen and oxygen atoms in total. The van der Waals surface area contributed by atoms with Gasteiger partial charge in [-0.25, -0.2) is 0 Å². The summed E-state index contributed by atoms with van der Waals surface area (Å²) in [6.45, 7) is 8.88. The summed E-state index contributed by atoms with van der Waals surface area (Å²) in [6, 6.07) is 14.7. The SMILES string of the molecule is Cc1ccc(C2Nc3onc(C)c3C(c3ccc(C)cc3)C23C(=O)OC(C)(C)OC3=O)cc1. The molecule has 1 aromatic heterocycles. The van der Waals surface area contributed by atoms with Gasteiger partial charge in [-0.2, -0.15) is 0 Å². The summed E-state index contributed by atoms with van der Waals surface area (Å²) in [5, 5.41) is 7.43. The number of fused-ring (bicyclic) bond motifs is 1. The van der Waals surface area contributed by atoms with Crippen molar-refractivity contribution in [3.63, 3.8) is 0 Å². The van der Waals surface area contributed by atoms with E-state index in [1.165, 1.54) is 0 Å². The lowest BCUT2D eigenvalue weighted by molar-refractivity contribution is -0.254. The molecule has 3 aromatic rings. The summed E-state index contributed by atoms with van der Waals surface area (Å²) in [5.74, 6) is -2.93. The number of ether oxygens (including phenoxy) is 2. The summed E-state index contributed by atoms with van der Waals surface area (Å²) in [7, 11) is 0. The van der Waals surface area contributed by atoms with Gasteiger partial charge in [-0.3, -0.25) is 9.59 Å². The molecule has 5 rings (SSSR count). The van der Waals surface area contributed by atoms with E-state index in [2.05, 4.69) is 10.5 Å². The molecule has 1 fully saturated rings. The largest absolute Gasteiger partial charge is 0.422 e. The second kappa shape index (κ2) is 7.20. The van der Waals surface area contributed by atoms with Gasteiger partial charge in [-0.1, -0.05) is 64.8 Å². The van der Waals surface area contributed by atoms with E-state index in [1.54, 1.807) is 20.8 Å². The summed E-state index contributed by atoms with van der Waals surface area (Å²) in [6.07, 6.45) is 0. The standard InChI is InChI=1S/C26H26N2O5/c1-14-6-10-17(11-7-14)20-19-16(3)28-33-22(19)27-21(18-12-8-15(2)9-13-18)26(20)23(29)31-25(4,5)32-24(26)30/h6-13,20-21,27H,1-5H3. The molecule has 170 valence electrons. The molecule has 2 aliphatic heterocycles. The van der Waals surface area contributed by atoms with Gasteiger partial charge >= 0.3 is 11.9 Å². The lowest BCUT2D eigenvalue weighted by Crippen LogP contribution is -2.61. The molecule has 33 heavy (non-hydrogen) atoms. The molecular formula is C26H26N2O5. The molecule has 2 atom stereocenters. The van der Waals surface area contributed by atoms with Crippen LogP contribution in [-0.4, -0.2) is 22.9 Å². The second-order valence-electron chi connectivity index (χ2n) is 9.39. The average molecular weight is 447 g/mol. The molecule has 2 aromatic carbocycles. The number of rotatable bonds is 2. The molecule has 2 aliphatic rings. The smallest absolute Gasteiger partial charge is 0.330 e. The molecule has 0 radical (unpaired) electrons. The number of aryl methyl sites for hydroxylation is 3. The Kier molecular flexibility index (Phi) is 4.64. The first-order valence-electron chi connectivity index (χ1n) is 11.0. The van der Waals surface area contributed by atoms with Crippen LogP contribution in [0.1, 0.15) is 59.3 Å². The fourth-order valence-electron chi connectivity index (χ4n) is 4.94. The molecule has 1 N–H and O–H groups in total. The third-order valence-electron chi connectivity index (χ3n) is 6.56. The Morgan fingerprint density at radius 3 is 1.88 bits per heavy atom. The number of carbonyl (C=O) groups is 2. The van der Waals surface area contributed by atoms with Crippen molar-refractivity contribution >= 4 is 17.8 Å². The molecule has 0 amide bonds. The highest BCUT2D eigenvalue weighted by atomic mass is 16.7. The fourth-order valence-corrected chi connectivity index (χ4v) is 4.94. The van der Waals surface area contributed by atoms with E-state index >= 15 is 0 Å². The highest BCUT2D eigenvalue weighted by Crippen LogP contribution is 2.59. The van der Waals surface area contributed by atoms with Crippen LogP contribution in [0.2, 0.25) is 0 Å². The average Bonchev–Trinajstić information content (AvgIpc) is 3.12. The van der Waals surface area contributed by atoms with E-state index in [0.29, 0.717) is 17.1 Å². The molecule has 2 unspecified atom stereocenters. The van der Waals surface area contributed by atoms with Crippen molar-refractivity contribution < 1.29 is 23.6 Å². The Morgan fingerprint density at radius 1 is 0.818 bits per heavy atom. The predicted octanol–water partition coefficient (Wildman–Crippen LogP) is 4.72. The van der Waals surface area contributed by atoms with Crippen molar-refractivity contribution in [2.45, 2.75) is 52.4 Å². The van der Waals surface area contributed by atoms with Crippen LogP contribution in [0.25, 0.3) is 0 Å². The molecule has 0 aliphatic carbocycles. The van der Waals surface area contributed by atoms with Crippen molar-refractivity contribution in [2.24, 2.45) is 5.41 Å². The van der Waals surface area contributed by atoms with Crippen LogP contribution in [0.3, 0.4) is 0 Å². The van der Waals surface area contributed by atoms with E-state index < -0.39 is 35.1 Å². The minimum absolute atomic E-state index is 0.430. The first-order chi connectivity index (χ1) is 15.6. The van der Waals surface area contributed by atoms with E-state index in [9.17, 15) is 9.59 Å². The highest BCUT2D eigenvalue weighted by molar-refractivity contribution is 6.06. The Balaban J connectivity index is 1.83. The second-order valence-corrected chi connectivity index (χ2v) is 9.39. The van der Waals surface area contributed by atoms with Crippen molar-refractivity contribution in [1.82, 2.24) is 5.16 Å². The van der Waals surface area contributed by atoms with Gasteiger partial charge in [-0.15, -0.1) is 0 Å². The van der Waals surface area contributed by atoms with Crippen molar-refractivity contribution in [2.75, 3.05) is 5.32 Å². The lowest BCUT2D eigenvalue weighted by Gasteiger charge is -2.49.